The zero-order valence-corrected chi connectivity index (χ0v) is 28.1. The Bertz CT molecular complexity index is 1840. The number of halogens is 1. The first kappa shape index (κ1) is 34.4. The summed E-state index contributed by atoms with van der Waals surface area (Å²) in [7, 11) is -4.41. The lowest BCUT2D eigenvalue weighted by Crippen LogP contribution is -2.54. The lowest BCUT2D eigenvalue weighted by atomic mass is 10.0. The van der Waals surface area contributed by atoms with Gasteiger partial charge in [0.2, 0.25) is 11.8 Å². The molecule has 1 N–H and O–H groups in total. The van der Waals surface area contributed by atoms with E-state index in [1.165, 1.54) is 35.2 Å². The van der Waals surface area contributed by atoms with Crippen molar-refractivity contribution in [1.82, 2.24) is 10.2 Å². The fraction of sp³-hybridized carbons (Fsp3) is 0.297. The summed E-state index contributed by atoms with van der Waals surface area (Å²) in [6, 6.07) is 24.9. The monoisotopic (exact) mass is 673 g/mol. The van der Waals surface area contributed by atoms with E-state index in [4.69, 9.17) is 9.47 Å². The molecule has 0 aliphatic carbocycles. The van der Waals surface area contributed by atoms with E-state index in [1.807, 2.05) is 75.4 Å². The Labute approximate surface area is 281 Å². The minimum Gasteiger partial charge on any atom is -0.486 e. The van der Waals surface area contributed by atoms with Gasteiger partial charge in [0.25, 0.3) is 10.0 Å². The fourth-order valence-corrected chi connectivity index (χ4v) is 6.84. The summed E-state index contributed by atoms with van der Waals surface area (Å²) < 4.78 is 54.9. The molecule has 0 radical (unpaired) electrons. The average molecular weight is 674 g/mol. The van der Waals surface area contributed by atoms with Gasteiger partial charge in [-0.2, -0.15) is 0 Å². The van der Waals surface area contributed by atoms with Crippen LogP contribution in [0.25, 0.3) is 0 Å². The van der Waals surface area contributed by atoms with Gasteiger partial charge in [-0.15, -0.1) is 0 Å². The first-order valence-corrected chi connectivity index (χ1v) is 17.4. The van der Waals surface area contributed by atoms with Crippen LogP contribution < -0.4 is 19.1 Å². The Morgan fingerprint density at radius 2 is 1.56 bits per heavy atom. The smallest absolute Gasteiger partial charge is 0.264 e. The summed E-state index contributed by atoms with van der Waals surface area (Å²) in [6.45, 7) is 5.75. The number of rotatable bonds is 13. The van der Waals surface area contributed by atoms with E-state index in [1.54, 1.807) is 0 Å². The van der Waals surface area contributed by atoms with Crippen molar-refractivity contribution in [3.05, 3.63) is 120 Å². The summed E-state index contributed by atoms with van der Waals surface area (Å²) in [5, 5.41) is 3.03. The molecule has 2 amide bonds. The molecule has 1 heterocycles. The minimum absolute atomic E-state index is 0.0538. The summed E-state index contributed by atoms with van der Waals surface area (Å²) in [5.74, 6) is -0.849. The molecule has 1 aliphatic rings. The highest BCUT2D eigenvalue weighted by Gasteiger charge is 2.35. The van der Waals surface area contributed by atoms with E-state index < -0.39 is 34.3 Å². The van der Waals surface area contributed by atoms with Crippen LogP contribution >= 0.6 is 0 Å². The van der Waals surface area contributed by atoms with E-state index in [2.05, 4.69) is 5.32 Å². The minimum atomic E-state index is -4.41. The van der Waals surface area contributed by atoms with E-state index >= 15 is 0 Å². The number of anilines is 1. The number of fused-ring (bicyclic) bond motifs is 1. The molecule has 0 spiro atoms. The van der Waals surface area contributed by atoms with E-state index in [9.17, 15) is 22.4 Å². The van der Waals surface area contributed by atoms with Crippen molar-refractivity contribution >= 4 is 27.5 Å². The van der Waals surface area contributed by atoms with Crippen molar-refractivity contribution < 1.29 is 31.9 Å². The number of sulfonamides is 1. The van der Waals surface area contributed by atoms with Crippen molar-refractivity contribution in [3.8, 4) is 11.5 Å². The molecule has 9 nitrogen and oxygen atoms in total. The maximum atomic E-state index is 14.6. The number of nitrogens with zero attached hydrogens (tertiary/aromatic N) is 2. The van der Waals surface area contributed by atoms with Crippen molar-refractivity contribution in [1.29, 1.82) is 0 Å². The topological polar surface area (TPSA) is 105 Å². The maximum absolute atomic E-state index is 14.6. The second kappa shape index (κ2) is 15.3. The van der Waals surface area contributed by atoms with Crippen molar-refractivity contribution in [2.75, 3.05) is 24.1 Å². The number of benzene rings is 4. The molecule has 11 heteroatoms. The number of hydrogen-bond acceptors (Lipinski definition) is 6. The Morgan fingerprint density at radius 1 is 0.896 bits per heavy atom. The molecule has 0 fully saturated rings. The van der Waals surface area contributed by atoms with Crippen LogP contribution in [0.5, 0.6) is 11.5 Å². The molecule has 252 valence electrons. The third-order valence-electron chi connectivity index (χ3n) is 8.37. The number of carbonyl (C=O) groups excluding carboxylic acids is 2. The van der Waals surface area contributed by atoms with E-state index in [0.717, 1.165) is 33.1 Å². The van der Waals surface area contributed by atoms with Crippen LogP contribution in [0.1, 0.15) is 37.0 Å². The number of nitrogens with one attached hydrogen (secondary N) is 1. The molecule has 0 unspecified atom stereocenters. The maximum Gasteiger partial charge on any atom is 0.264 e. The largest absolute Gasteiger partial charge is 0.486 e. The molecule has 0 saturated carbocycles. The predicted molar refractivity (Wildman–Crippen MR) is 182 cm³/mol. The highest BCUT2D eigenvalue weighted by atomic mass is 32.2. The first-order chi connectivity index (χ1) is 23.1. The fourth-order valence-electron chi connectivity index (χ4n) is 5.41. The number of amides is 2. The molecule has 48 heavy (non-hydrogen) atoms. The van der Waals surface area contributed by atoms with Crippen LogP contribution in [0.4, 0.5) is 10.1 Å². The summed E-state index contributed by atoms with van der Waals surface area (Å²) in [6.07, 6.45) is 0.883. The summed E-state index contributed by atoms with van der Waals surface area (Å²) in [4.78, 5) is 29.9. The third-order valence-corrected chi connectivity index (χ3v) is 10.1. The van der Waals surface area contributed by atoms with Gasteiger partial charge in [-0.25, -0.2) is 12.8 Å². The number of hydrogen-bond donors (Lipinski definition) is 1. The lowest BCUT2D eigenvalue weighted by Gasteiger charge is -2.34. The standard InChI is InChI=1S/C37H40FN3O6S/c1-4-27(3)39-37(43)33(22-28-11-6-5-7-12-28)40(24-29-13-9-8-10-26(29)2)36(42)25-41(31-16-14-30(38)15-17-31)48(44,45)32-18-19-34-35(23-32)47-21-20-46-34/h5-19,23,27,33H,4,20-22,24-25H2,1-3H3,(H,39,43)/t27-,33-/m1/s1. The second-order valence-corrected chi connectivity index (χ2v) is 13.6. The van der Waals surface area contributed by atoms with Crippen LogP contribution in [0.3, 0.4) is 0 Å². The zero-order chi connectivity index (χ0) is 34.3. The highest BCUT2D eigenvalue weighted by molar-refractivity contribution is 7.92. The van der Waals surface area contributed by atoms with Crippen molar-refractivity contribution in [2.24, 2.45) is 0 Å². The highest BCUT2D eigenvalue weighted by Crippen LogP contribution is 2.34. The van der Waals surface area contributed by atoms with E-state index in [0.29, 0.717) is 18.8 Å². The van der Waals surface area contributed by atoms with E-state index in [-0.39, 0.29) is 47.9 Å². The van der Waals surface area contributed by atoms with Crippen LogP contribution in [-0.2, 0) is 32.6 Å². The SMILES string of the molecule is CC[C@@H](C)NC(=O)[C@@H](Cc1ccccc1)N(Cc1ccccc1C)C(=O)CN(c1ccc(F)cc1)S(=O)(=O)c1ccc2c(c1)OCCO2. The van der Waals surface area contributed by atoms with Crippen LogP contribution in [0.2, 0.25) is 0 Å². The van der Waals surface area contributed by atoms with Gasteiger partial charge in [-0.1, -0.05) is 61.5 Å². The number of carbonyl (C=O) groups is 2. The van der Waals surface area contributed by atoms with Crippen LogP contribution in [0.15, 0.2) is 102 Å². The normalized spacial score (nSPS) is 13.7. The van der Waals surface area contributed by atoms with Gasteiger partial charge in [0, 0.05) is 25.1 Å². The quantitative estimate of drug-likeness (QED) is 0.197. The molecule has 1 aliphatic heterocycles. The average Bonchev–Trinajstić information content (AvgIpc) is 3.09. The Hall–Kier alpha value is -4.90. The number of aryl methyl sites for hydroxylation is 1. The summed E-state index contributed by atoms with van der Waals surface area (Å²) >= 11 is 0. The van der Waals surface area contributed by atoms with Crippen molar-refractivity contribution in [3.63, 3.8) is 0 Å². The van der Waals surface area contributed by atoms with Crippen LogP contribution in [-0.4, -0.2) is 57.0 Å². The Morgan fingerprint density at radius 3 is 2.25 bits per heavy atom. The Balaban J connectivity index is 1.58. The molecular formula is C37H40FN3O6S. The van der Waals surface area contributed by atoms with Gasteiger partial charge < -0.3 is 19.7 Å². The predicted octanol–water partition coefficient (Wildman–Crippen LogP) is 5.66. The van der Waals surface area contributed by atoms with Gasteiger partial charge in [-0.3, -0.25) is 13.9 Å². The molecule has 2 atom stereocenters. The van der Waals surface area contributed by atoms with Gasteiger partial charge in [0.05, 0.1) is 10.6 Å². The summed E-state index contributed by atoms with van der Waals surface area (Å²) in [5.41, 5.74) is 2.64. The Kier molecular flexibility index (Phi) is 11.0. The molecule has 0 saturated heterocycles. The van der Waals surface area contributed by atoms with Gasteiger partial charge in [0.1, 0.15) is 31.6 Å². The van der Waals surface area contributed by atoms with Crippen molar-refractivity contribution in [2.45, 2.75) is 57.1 Å². The number of ether oxygens (including phenoxy) is 2. The second-order valence-electron chi connectivity index (χ2n) is 11.8. The molecule has 0 bridgehead atoms. The van der Waals surface area contributed by atoms with Crippen LogP contribution in [0, 0.1) is 12.7 Å². The zero-order valence-electron chi connectivity index (χ0n) is 27.3. The molecular weight excluding hydrogens is 633 g/mol. The van der Waals surface area contributed by atoms with Gasteiger partial charge in [0.15, 0.2) is 11.5 Å². The van der Waals surface area contributed by atoms with Gasteiger partial charge in [-0.05, 0) is 73.4 Å². The molecule has 5 rings (SSSR count). The first-order valence-electron chi connectivity index (χ1n) is 15.9. The van der Waals surface area contributed by atoms with Gasteiger partial charge >= 0.3 is 0 Å². The molecule has 4 aromatic rings. The molecule has 4 aromatic carbocycles. The molecule has 0 aromatic heterocycles. The lowest BCUT2D eigenvalue weighted by molar-refractivity contribution is -0.140. The third kappa shape index (κ3) is 8.14.